The molecule has 0 heterocycles. The lowest BCUT2D eigenvalue weighted by Crippen LogP contribution is -2.28. The number of aliphatic carboxylic acids is 1. The van der Waals surface area contributed by atoms with Crippen LogP contribution in [0.15, 0.2) is 18.2 Å². The Kier molecular flexibility index (Phi) is 4.94. The molecule has 0 bridgehead atoms. The lowest BCUT2D eigenvalue weighted by atomic mass is 10.1. The van der Waals surface area contributed by atoms with Crippen molar-refractivity contribution < 1.29 is 19.2 Å². The average molecular weight is 270 g/mol. The summed E-state index contributed by atoms with van der Waals surface area (Å²) in [7, 11) is 1.63. The predicted molar refractivity (Wildman–Crippen MR) is 66.2 cm³/mol. The fourth-order valence-corrected chi connectivity index (χ4v) is 1.76. The van der Waals surface area contributed by atoms with Crippen molar-refractivity contribution in [1.29, 1.82) is 0 Å². The Bertz CT molecular complexity index is 493. The molecule has 1 atom stereocenters. The van der Waals surface area contributed by atoms with Crippen LogP contribution in [0.5, 0.6) is 0 Å². The molecule has 1 rings (SSSR count). The molecule has 6 nitrogen and oxygen atoms in total. The molecule has 0 radical (unpaired) electrons. The zero-order chi connectivity index (χ0) is 14.6. The van der Waals surface area contributed by atoms with Gasteiger partial charge in [-0.3, -0.25) is 14.9 Å². The van der Waals surface area contributed by atoms with Gasteiger partial charge in [0, 0.05) is 24.7 Å². The second-order valence-electron chi connectivity index (χ2n) is 4.47. The largest absolute Gasteiger partial charge is 0.481 e. The topological polar surface area (TPSA) is 83.7 Å². The van der Waals surface area contributed by atoms with Crippen LogP contribution in [-0.4, -0.2) is 34.5 Å². The van der Waals surface area contributed by atoms with E-state index in [2.05, 4.69) is 0 Å². The van der Waals surface area contributed by atoms with Crippen LogP contribution < -0.4 is 0 Å². The van der Waals surface area contributed by atoms with E-state index in [9.17, 15) is 19.3 Å². The maximum Gasteiger partial charge on any atom is 0.307 e. The van der Waals surface area contributed by atoms with Crippen molar-refractivity contribution in [3.8, 4) is 0 Å². The SMILES string of the molecule is CC(CN(C)Cc1cc(F)ccc1[N+](=O)[O-])C(=O)O. The van der Waals surface area contributed by atoms with E-state index >= 15 is 0 Å². The van der Waals surface area contributed by atoms with E-state index in [-0.39, 0.29) is 24.3 Å². The van der Waals surface area contributed by atoms with E-state index in [1.807, 2.05) is 0 Å². The highest BCUT2D eigenvalue weighted by atomic mass is 19.1. The van der Waals surface area contributed by atoms with Crippen LogP contribution in [-0.2, 0) is 11.3 Å². The Morgan fingerprint density at radius 2 is 2.21 bits per heavy atom. The number of halogens is 1. The van der Waals surface area contributed by atoms with Crippen molar-refractivity contribution >= 4 is 11.7 Å². The molecule has 1 unspecified atom stereocenters. The molecule has 0 saturated heterocycles. The highest BCUT2D eigenvalue weighted by molar-refractivity contribution is 5.69. The molecule has 0 aliphatic rings. The number of benzene rings is 1. The second-order valence-corrected chi connectivity index (χ2v) is 4.47. The fourth-order valence-electron chi connectivity index (χ4n) is 1.76. The van der Waals surface area contributed by atoms with Crippen molar-refractivity contribution in [2.24, 2.45) is 5.92 Å². The highest BCUT2D eigenvalue weighted by Gasteiger charge is 2.18. The van der Waals surface area contributed by atoms with Gasteiger partial charge in [-0.05, 0) is 19.2 Å². The van der Waals surface area contributed by atoms with Crippen LogP contribution in [0.3, 0.4) is 0 Å². The maximum absolute atomic E-state index is 13.1. The van der Waals surface area contributed by atoms with Crippen molar-refractivity contribution in [1.82, 2.24) is 4.90 Å². The molecule has 7 heteroatoms. The number of nitrogens with zero attached hydrogens (tertiary/aromatic N) is 2. The van der Waals surface area contributed by atoms with Crippen molar-refractivity contribution in [3.63, 3.8) is 0 Å². The first-order chi connectivity index (χ1) is 8.81. The molecule has 0 aromatic heterocycles. The first kappa shape index (κ1) is 15.0. The normalized spacial score (nSPS) is 12.4. The zero-order valence-electron chi connectivity index (χ0n) is 10.7. The Morgan fingerprint density at radius 1 is 1.58 bits per heavy atom. The van der Waals surface area contributed by atoms with E-state index in [4.69, 9.17) is 5.11 Å². The molecule has 104 valence electrons. The third kappa shape index (κ3) is 4.29. The Hall–Kier alpha value is -2.02. The quantitative estimate of drug-likeness (QED) is 0.630. The van der Waals surface area contributed by atoms with Crippen LogP contribution in [0, 0.1) is 21.8 Å². The number of nitro groups is 1. The third-order valence-electron chi connectivity index (χ3n) is 2.69. The average Bonchev–Trinajstić information content (AvgIpc) is 2.27. The number of carbonyl (C=O) groups is 1. The number of rotatable bonds is 6. The predicted octanol–water partition coefficient (Wildman–Crippen LogP) is 1.89. The van der Waals surface area contributed by atoms with E-state index < -0.39 is 22.6 Å². The van der Waals surface area contributed by atoms with E-state index in [0.29, 0.717) is 0 Å². The Labute approximate surface area is 109 Å². The van der Waals surface area contributed by atoms with E-state index in [0.717, 1.165) is 18.2 Å². The minimum absolute atomic E-state index is 0.117. The summed E-state index contributed by atoms with van der Waals surface area (Å²) in [5, 5.41) is 19.6. The summed E-state index contributed by atoms with van der Waals surface area (Å²) >= 11 is 0. The summed E-state index contributed by atoms with van der Waals surface area (Å²) in [4.78, 5) is 22.6. The molecule has 0 fully saturated rings. The molecule has 0 saturated carbocycles. The summed E-state index contributed by atoms with van der Waals surface area (Å²) in [6.07, 6.45) is 0. The first-order valence-corrected chi connectivity index (χ1v) is 5.65. The van der Waals surface area contributed by atoms with Crippen LogP contribution in [0.4, 0.5) is 10.1 Å². The molecule has 19 heavy (non-hydrogen) atoms. The highest BCUT2D eigenvalue weighted by Crippen LogP contribution is 2.21. The fraction of sp³-hybridized carbons (Fsp3) is 0.417. The van der Waals surface area contributed by atoms with Crippen molar-refractivity contribution in [3.05, 3.63) is 39.7 Å². The Morgan fingerprint density at radius 3 is 2.74 bits per heavy atom. The van der Waals surface area contributed by atoms with E-state index in [1.165, 1.54) is 0 Å². The molecular weight excluding hydrogens is 255 g/mol. The van der Waals surface area contributed by atoms with Gasteiger partial charge >= 0.3 is 5.97 Å². The van der Waals surface area contributed by atoms with Gasteiger partial charge in [-0.1, -0.05) is 6.92 Å². The van der Waals surface area contributed by atoms with Gasteiger partial charge < -0.3 is 10.0 Å². The summed E-state index contributed by atoms with van der Waals surface area (Å²) in [6.45, 7) is 1.88. The number of nitro benzene ring substituents is 1. The minimum Gasteiger partial charge on any atom is -0.481 e. The summed E-state index contributed by atoms with van der Waals surface area (Å²) in [5.41, 5.74) is 0.0568. The minimum atomic E-state index is -0.944. The standard InChI is InChI=1S/C12H15FN2O4/c1-8(12(16)17)6-14(2)7-9-5-10(13)3-4-11(9)15(18)19/h3-5,8H,6-7H2,1-2H3,(H,16,17). The van der Waals surface area contributed by atoms with Crippen LogP contribution >= 0.6 is 0 Å². The second kappa shape index (κ2) is 6.24. The van der Waals surface area contributed by atoms with Crippen LogP contribution in [0.2, 0.25) is 0 Å². The number of carboxylic acid groups (broad SMARTS) is 1. The lowest BCUT2D eigenvalue weighted by Gasteiger charge is -2.18. The van der Waals surface area contributed by atoms with Gasteiger partial charge in [0.05, 0.1) is 10.8 Å². The molecule has 1 aromatic rings. The van der Waals surface area contributed by atoms with Gasteiger partial charge in [0.15, 0.2) is 0 Å². The molecule has 1 aromatic carbocycles. The van der Waals surface area contributed by atoms with Crippen molar-refractivity contribution in [2.75, 3.05) is 13.6 Å². The molecule has 0 aliphatic carbocycles. The summed E-state index contributed by atoms with van der Waals surface area (Å²) < 4.78 is 13.1. The molecule has 0 spiro atoms. The zero-order valence-corrected chi connectivity index (χ0v) is 10.7. The third-order valence-corrected chi connectivity index (χ3v) is 2.69. The van der Waals surface area contributed by atoms with Gasteiger partial charge in [0.25, 0.3) is 5.69 Å². The first-order valence-electron chi connectivity index (χ1n) is 5.65. The maximum atomic E-state index is 13.1. The van der Waals surface area contributed by atoms with Crippen molar-refractivity contribution in [2.45, 2.75) is 13.5 Å². The smallest absolute Gasteiger partial charge is 0.307 e. The van der Waals surface area contributed by atoms with Gasteiger partial charge in [-0.2, -0.15) is 0 Å². The Balaban J connectivity index is 2.83. The molecule has 0 aliphatic heterocycles. The van der Waals surface area contributed by atoms with E-state index in [1.54, 1.807) is 18.9 Å². The summed E-state index contributed by atoms with van der Waals surface area (Å²) in [5.74, 6) is -2.10. The lowest BCUT2D eigenvalue weighted by molar-refractivity contribution is -0.385. The number of hydrogen-bond acceptors (Lipinski definition) is 4. The molecule has 1 N–H and O–H groups in total. The van der Waals surface area contributed by atoms with Gasteiger partial charge in [0.2, 0.25) is 0 Å². The molecular formula is C12H15FN2O4. The van der Waals surface area contributed by atoms with Gasteiger partial charge in [-0.25, -0.2) is 4.39 Å². The number of carboxylic acids is 1. The monoisotopic (exact) mass is 270 g/mol. The number of hydrogen-bond donors (Lipinski definition) is 1. The van der Waals surface area contributed by atoms with Gasteiger partial charge in [0.1, 0.15) is 5.82 Å². The molecule has 0 amide bonds. The van der Waals surface area contributed by atoms with Crippen LogP contribution in [0.1, 0.15) is 12.5 Å². The van der Waals surface area contributed by atoms with Gasteiger partial charge in [-0.15, -0.1) is 0 Å². The van der Waals surface area contributed by atoms with Crippen LogP contribution in [0.25, 0.3) is 0 Å². The summed E-state index contributed by atoms with van der Waals surface area (Å²) in [6, 6.07) is 3.24.